The van der Waals surface area contributed by atoms with Crippen LogP contribution < -0.4 is 0 Å². The van der Waals surface area contributed by atoms with Gasteiger partial charge in [-0.1, -0.05) is 30.3 Å². The third kappa shape index (κ3) is 1.67. The number of hydrogen-bond acceptors (Lipinski definition) is 1. The number of hydrogen-bond donors (Lipinski definition) is 0. The van der Waals surface area contributed by atoms with E-state index >= 15 is 0 Å². The Morgan fingerprint density at radius 2 is 1.93 bits per heavy atom. The van der Waals surface area contributed by atoms with Crippen molar-refractivity contribution in [2.24, 2.45) is 5.92 Å². The third-order valence-corrected chi connectivity index (χ3v) is 3.02. The van der Waals surface area contributed by atoms with Crippen molar-refractivity contribution in [3.05, 3.63) is 54.4 Å². The van der Waals surface area contributed by atoms with Crippen molar-refractivity contribution in [3.63, 3.8) is 0 Å². The van der Waals surface area contributed by atoms with Crippen molar-refractivity contribution >= 4 is 0 Å². The first-order valence-electron chi connectivity index (χ1n) is 5.49. The van der Waals surface area contributed by atoms with E-state index in [1.807, 2.05) is 12.3 Å². The zero-order valence-corrected chi connectivity index (χ0v) is 8.58. The first-order chi connectivity index (χ1) is 7.45. The monoisotopic (exact) mass is 198 g/mol. The van der Waals surface area contributed by atoms with Crippen LogP contribution >= 0.6 is 0 Å². The second kappa shape index (κ2) is 3.54. The molecule has 15 heavy (non-hydrogen) atoms. The molecule has 1 atom stereocenters. The van der Waals surface area contributed by atoms with E-state index in [-0.39, 0.29) is 0 Å². The fourth-order valence-corrected chi connectivity index (χ4v) is 2.15. The van der Waals surface area contributed by atoms with Crippen LogP contribution in [0.4, 0.5) is 0 Å². The van der Waals surface area contributed by atoms with Gasteiger partial charge in [0.2, 0.25) is 0 Å². The molecule has 2 aromatic rings. The molecule has 0 amide bonds. The van der Waals surface area contributed by atoms with Gasteiger partial charge in [0.25, 0.3) is 0 Å². The fraction of sp³-hybridized carbons (Fsp3) is 0.308. The summed E-state index contributed by atoms with van der Waals surface area (Å²) in [5.74, 6) is 0.785. The van der Waals surface area contributed by atoms with Crippen LogP contribution in [0.2, 0.25) is 0 Å². The molecule has 0 saturated heterocycles. The Bertz CT molecular complexity index is 415. The third-order valence-electron chi connectivity index (χ3n) is 3.02. The minimum absolute atomic E-state index is 0.446. The van der Waals surface area contributed by atoms with Crippen LogP contribution in [0.15, 0.2) is 48.8 Å². The molecule has 1 aliphatic carbocycles. The molecule has 1 aliphatic rings. The molecule has 0 aliphatic heterocycles. The second-order valence-corrected chi connectivity index (χ2v) is 4.18. The average molecular weight is 198 g/mol. The summed E-state index contributed by atoms with van der Waals surface area (Å²) in [4.78, 5) is 0. The highest BCUT2D eigenvalue weighted by Gasteiger charge is 2.33. The first kappa shape index (κ1) is 8.72. The molecule has 0 N–H and O–H groups in total. The van der Waals surface area contributed by atoms with Gasteiger partial charge in [-0.05, 0) is 30.4 Å². The van der Waals surface area contributed by atoms with Crippen molar-refractivity contribution in [2.45, 2.75) is 18.9 Å². The summed E-state index contributed by atoms with van der Waals surface area (Å²) >= 11 is 0. The van der Waals surface area contributed by atoms with Crippen molar-refractivity contribution in [1.82, 2.24) is 9.78 Å². The largest absolute Gasteiger partial charge is 0.265 e. The van der Waals surface area contributed by atoms with E-state index in [0.29, 0.717) is 6.04 Å². The smallest absolute Gasteiger partial charge is 0.0796 e. The van der Waals surface area contributed by atoms with E-state index in [0.717, 1.165) is 5.92 Å². The lowest BCUT2D eigenvalue weighted by molar-refractivity contribution is 0.471. The Morgan fingerprint density at radius 3 is 2.53 bits per heavy atom. The van der Waals surface area contributed by atoms with Crippen molar-refractivity contribution in [3.8, 4) is 0 Å². The number of rotatable bonds is 3. The van der Waals surface area contributed by atoms with Gasteiger partial charge in [0, 0.05) is 12.4 Å². The van der Waals surface area contributed by atoms with Gasteiger partial charge in [0.1, 0.15) is 0 Å². The molecule has 2 nitrogen and oxygen atoms in total. The highest BCUT2D eigenvalue weighted by Crippen LogP contribution is 2.42. The van der Waals surface area contributed by atoms with Crippen molar-refractivity contribution in [1.29, 1.82) is 0 Å². The SMILES string of the molecule is c1ccc(C(C2CC2)n2cccn2)cc1. The van der Waals surface area contributed by atoms with Gasteiger partial charge in [-0.15, -0.1) is 0 Å². The molecular weight excluding hydrogens is 184 g/mol. The zero-order chi connectivity index (χ0) is 10.1. The topological polar surface area (TPSA) is 17.8 Å². The second-order valence-electron chi connectivity index (χ2n) is 4.18. The van der Waals surface area contributed by atoms with Crippen molar-refractivity contribution in [2.75, 3.05) is 0 Å². The fourth-order valence-electron chi connectivity index (χ4n) is 2.15. The molecule has 2 heteroatoms. The molecule has 0 spiro atoms. The highest BCUT2D eigenvalue weighted by atomic mass is 15.3. The highest BCUT2D eigenvalue weighted by molar-refractivity contribution is 5.21. The Hall–Kier alpha value is -1.57. The molecule has 0 bridgehead atoms. The summed E-state index contributed by atoms with van der Waals surface area (Å²) in [5.41, 5.74) is 1.38. The molecule has 76 valence electrons. The van der Waals surface area contributed by atoms with Gasteiger partial charge in [-0.3, -0.25) is 4.68 Å². The maximum Gasteiger partial charge on any atom is 0.0796 e. The Balaban J connectivity index is 1.98. The van der Waals surface area contributed by atoms with E-state index in [1.165, 1.54) is 18.4 Å². The van der Waals surface area contributed by atoms with Crippen LogP contribution in [0, 0.1) is 5.92 Å². The lowest BCUT2D eigenvalue weighted by Crippen LogP contribution is -2.13. The van der Waals surface area contributed by atoms with E-state index < -0.39 is 0 Å². The Kier molecular flexibility index (Phi) is 2.05. The number of benzene rings is 1. The van der Waals surface area contributed by atoms with Crippen LogP contribution in [-0.4, -0.2) is 9.78 Å². The summed E-state index contributed by atoms with van der Waals surface area (Å²) < 4.78 is 2.09. The minimum Gasteiger partial charge on any atom is -0.265 e. The van der Waals surface area contributed by atoms with Crippen molar-refractivity contribution < 1.29 is 0 Å². The van der Waals surface area contributed by atoms with Gasteiger partial charge in [0.15, 0.2) is 0 Å². The molecule has 1 unspecified atom stereocenters. The van der Waals surface area contributed by atoms with E-state index in [1.54, 1.807) is 0 Å². The standard InChI is InChI=1S/C13H14N2/c1-2-5-11(6-3-1)13(12-7-8-12)15-10-4-9-14-15/h1-6,9-10,12-13H,7-8H2. The summed E-state index contributed by atoms with van der Waals surface area (Å²) in [6, 6.07) is 13.1. The maximum atomic E-state index is 4.37. The van der Waals surface area contributed by atoms with Crippen LogP contribution in [-0.2, 0) is 0 Å². The predicted molar refractivity (Wildman–Crippen MR) is 59.5 cm³/mol. The number of aromatic nitrogens is 2. The van der Waals surface area contributed by atoms with Gasteiger partial charge >= 0.3 is 0 Å². The molecule has 3 rings (SSSR count). The maximum absolute atomic E-state index is 4.37. The molecule has 1 heterocycles. The Morgan fingerprint density at radius 1 is 1.13 bits per heavy atom. The van der Waals surface area contributed by atoms with E-state index in [2.05, 4.69) is 46.3 Å². The molecule has 1 saturated carbocycles. The van der Waals surface area contributed by atoms with Crippen LogP contribution in [0.1, 0.15) is 24.4 Å². The molecule has 1 aromatic heterocycles. The Labute approximate surface area is 89.5 Å². The van der Waals surface area contributed by atoms with E-state index in [9.17, 15) is 0 Å². The quantitative estimate of drug-likeness (QED) is 0.741. The lowest BCUT2D eigenvalue weighted by atomic mass is 10.0. The van der Waals surface area contributed by atoms with Crippen LogP contribution in [0.25, 0.3) is 0 Å². The normalized spacial score (nSPS) is 17.6. The van der Waals surface area contributed by atoms with Gasteiger partial charge in [-0.25, -0.2) is 0 Å². The predicted octanol–water partition coefficient (Wildman–Crippen LogP) is 2.88. The first-order valence-corrected chi connectivity index (χ1v) is 5.49. The summed E-state index contributed by atoms with van der Waals surface area (Å²) in [5, 5.41) is 4.37. The summed E-state index contributed by atoms with van der Waals surface area (Å²) in [6.07, 6.45) is 6.59. The van der Waals surface area contributed by atoms with Crippen LogP contribution in [0.3, 0.4) is 0 Å². The van der Waals surface area contributed by atoms with Gasteiger partial charge < -0.3 is 0 Å². The summed E-state index contributed by atoms with van der Waals surface area (Å²) in [6.45, 7) is 0. The summed E-state index contributed by atoms with van der Waals surface area (Å²) in [7, 11) is 0. The van der Waals surface area contributed by atoms with E-state index in [4.69, 9.17) is 0 Å². The molecule has 1 fully saturated rings. The molecular formula is C13H14N2. The average Bonchev–Trinajstić information content (AvgIpc) is 2.96. The lowest BCUT2D eigenvalue weighted by Gasteiger charge is -2.17. The number of nitrogens with zero attached hydrogens (tertiary/aromatic N) is 2. The zero-order valence-electron chi connectivity index (χ0n) is 8.58. The van der Waals surface area contributed by atoms with Gasteiger partial charge in [0.05, 0.1) is 6.04 Å². The van der Waals surface area contributed by atoms with Crippen LogP contribution in [0.5, 0.6) is 0 Å². The van der Waals surface area contributed by atoms with Gasteiger partial charge in [-0.2, -0.15) is 5.10 Å². The molecule has 0 radical (unpaired) electrons. The molecule has 1 aromatic carbocycles. The minimum atomic E-state index is 0.446.